The lowest BCUT2D eigenvalue weighted by Crippen LogP contribution is -2.74. The zero-order valence-corrected chi connectivity index (χ0v) is 25.1. The first-order valence-corrected chi connectivity index (χ1v) is 15.1. The van der Waals surface area contributed by atoms with E-state index in [0.29, 0.717) is 24.3 Å². The maximum Gasteiger partial charge on any atom is 0.235 e. The highest BCUT2D eigenvalue weighted by molar-refractivity contribution is 6.32. The summed E-state index contributed by atoms with van der Waals surface area (Å²) in [6.07, 6.45) is 3.78. The lowest BCUT2D eigenvalue weighted by Gasteiger charge is -2.52. The van der Waals surface area contributed by atoms with E-state index in [1.807, 2.05) is 0 Å². The first-order chi connectivity index (χ1) is 20.4. The summed E-state index contributed by atoms with van der Waals surface area (Å²) < 4.78 is 0. The molecule has 2 fully saturated rings. The van der Waals surface area contributed by atoms with Crippen LogP contribution in [0.5, 0.6) is 5.75 Å². The number of likely N-dealkylation sites (N-methyl/N-ethyl adjacent to an activating group) is 1. The summed E-state index contributed by atoms with van der Waals surface area (Å²) in [5, 5.41) is 22.5. The summed E-state index contributed by atoms with van der Waals surface area (Å²) in [5.41, 5.74) is 6.69. The van der Waals surface area contributed by atoms with Gasteiger partial charge in [-0.25, -0.2) is 0 Å². The van der Waals surface area contributed by atoms with Gasteiger partial charge < -0.3 is 15.9 Å². The Kier molecular flexibility index (Phi) is 8.17. The minimum atomic E-state index is -2.72. The molecule has 0 radical (unpaired) electrons. The molecule has 0 spiro atoms. The number of aromatic hydroxyl groups is 1. The van der Waals surface area contributed by atoms with Crippen LogP contribution in [0, 0.1) is 23.7 Å². The fourth-order valence-corrected chi connectivity index (χ4v) is 7.90. The number of fused-ring (bicyclic) bond motifs is 3. The normalized spacial score (nSPS) is 28.6. The average Bonchev–Trinajstić information content (AvgIpc) is 2.95. The van der Waals surface area contributed by atoms with Crippen LogP contribution in [-0.4, -0.2) is 69.9 Å². The number of hydrogen-bond acceptors (Lipinski definition) is 8. The van der Waals surface area contributed by atoms with Gasteiger partial charge in [-0.15, -0.1) is 0 Å². The van der Waals surface area contributed by atoms with Gasteiger partial charge >= 0.3 is 0 Å². The largest absolute Gasteiger partial charge is 0.507 e. The molecule has 9 heteroatoms. The zero-order chi connectivity index (χ0) is 31.4. The summed E-state index contributed by atoms with van der Waals surface area (Å²) in [6.45, 7) is 4.37. The number of aryl methyl sites for hydroxylation is 2. The van der Waals surface area contributed by atoms with E-state index in [2.05, 4.69) is 38.1 Å². The quantitative estimate of drug-likeness (QED) is 0.398. The molecule has 2 saturated carbocycles. The SMILES string of the molecule is CCC(CC)c1ccc(CCc2ccc(O)c3c2C[C@H]2C[C@H]4[C@H](N(C)C)C(=O)C(C(N)=O)C(=O)[C@@]4(O)C(=O)C2C3=O)cc1. The Bertz CT molecular complexity index is 1490. The molecular weight excluding hydrogens is 548 g/mol. The third-order valence-corrected chi connectivity index (χ3v) is 10.2. The van der Waals surface area contributed by atoms with Gasteiger partial charge in [0.05, 0.1) is 17.5 Å². The smallest absolute Gasteiger partial charge is 0.235 e. The van der Waals surface area contributed by atoms with E-state index in [1.165, 1.54) is 16.5 Å². The molecule has 0 aromatic heterocycles. The van der Waals surface area contributed by atoms with Crippen molar-refractivity contribution in [3.8, 4) is 5.75 Å². The highest BCUT2D eigenvalue weighted by atomic mass is 16.3. The highest BCUT2D eigenvalue weighted by Gasteiger charge is 2.69. The van der Waals surface area contributed by atoms with Crippen molar-refractivity contribution in [2.24, 2.45) is 29.4 Å². The molecule has 0 bridgehead atoms. The molecule has 0 saturated heterocycles. The second-order valence-electron chi connectivity index (χ2n) is 12.6. The summed E-state index contributed by atoms with van der Waals surface area (Å²) in [5.74, 6) is -9.77. The van der Waals surface area contributed by atoms with E-state index in [4.69, 9.17) is 5.73 Å². The Balaban J connectivity index is 1.48. The van der Waals surface area contributed by atoms with E-state index in [1.54, 1.807) is 20.2 Å². The van der Waals surface area contributed by atoms with Crippen LogP contribution >= 0.6 is 0 Å². The first kappa shape index (κ1) is 30.8. The molecule has 43 heavy (non-hydrogen) atoms. The Morgan fingerprint density at radius 1 is 1.00 bits per heavy atom. The number of rotatable bonds is 8. The summed E-state index contributed by atoms with van der Waals surface area (Å²) in [7, 11) is 3.14. The van der Waals surface area contributed by atoms with Crippen LogP contribution in [0.2, 0.25) is 0 Å². The molecule has 0 heterocycles. The lowest BCUT2D eigenvalue weighted by atomic mass is 9.52. The Labute approximate surface area is 251 Å². The number of amides is 1. The number of aliphatic hydroxyl groups is 1. The Morgan fingerprint density at radius 3 is 2.23 bits per heavy atom. The van der Waals surface area contributed by atoms with Crippen molar-refractivity contribution in [1.82, 2.24) is 4.90 Å². The summed E-state index contributed by atoms with van der Waals surface area (Å²) in [4.78, 5) is 68.2. The van der Waals surface area contributed by atoms with Crippen LogP contribution in [0.15, 0.2) is 36.4 Å². The molecule has 3 aliphatic carbocycles. The third kappa shape index (κ3) is 4.83. The first-order valence-electron chi connectivity index (χ1n) is 15.1. The van der Waals surface area contributed by atoms with Crippen LogP contribution < -0.4 is 5.73 Å². The molecule has 6 atom stereocenters. The molecule has 2 aromatic rings. The standard InChI is InChI=1S/C34H40N2O7/c1-5-18(6-2)19-10-7-17(8-11-19)9-12-20-13-14-24(37)26-22(20)15-21-16-23-28(36(3)4)30(39)27(33(35)42)32(41)34(23,43)31(40)25(21)29(26)38/h7-8,10-11,13-14,18,21,23,25,27-28,37,43H,5-6,9,12,15-16H2,1-4H3,(H2,35,42)/t21-,23-,25?,27?,28-,34-/m0/s1. The molecule has 2 unspecified atom stereocenters. The Hall–Kier alpha value is -3.69. The molecule has 228 valence electrons. The van der Waals surface area contributed by atoms with Crippen molar-refractivity contribution in [2.75, 3.05) is 14.1 Å². The Morgan fingerprint density at radius 2 is 1.65 bits per heavy atom. The van der Waals surface area contributed by atoms with Crippen molar-refractivity contribution in [3.63, 3.8) is 0 Å². The second kappa shape index (κ2) is 11.4. The predicted molar refractivity (Wildman–Crippen MR) is 159 cm³/mol. The number of carbonyl (C=O) groups is 5. The monoisotopic (exact) mass is 588 g/mol. The number of hydrogen-bond donors (Lipinski definition) is 3. The average molecular weight is 589 g/mol. The minimum absolute atomic E-state index is 0.0353. The number of Topliss-reactive ketones (excluding diaryl/α,β-unsaturated/α-hetero) is 4. The van der Waals surface area contributed by atoms with E-state index in [9.17, 15) is 34.2 Å². The number of phenolic OH excluding ortho intramolecular Hbond substituents is 1. The highest BCUT2D eigenvalue weighted by Crippen LogP contribution is 2.51. The van der Waals surface area contributed by atoms with Crippen molar-refractivity contribution in [1.29, 1.82) is 0 Å². The topological polar surface area (TPSA) is 155 Å². The van der Waals surface area contributed by atoms with Gasteiger partial charge in [0.1, 0.15) is 5.75 Å². The number of nitrogens with two attached hydrogens (primary N) is 1. The number of carbonyl (C=O) groups excluding carboxylic acids is 5. The van der Waals surface area contributed by atoms with Crippen LogP contribution in [0.3, 0.4) is 0 Å². The van der Waals surface area contributed by atoms with Gasteiger partial charge in [-0.3, -0.25) is 28.9 Å². The fourth-order valence-electron chi connectivity index (χ4n) is 7.90. The van der Waals surface area contributed by atoms with Crippen LogP contribution in [0.25, 0.3) is 0 Å². The van der Waals surface area contributed by atoms with E-state index >= 15 is 0 Å². The lowest BCUT2D eigenvalue weighted by molar-refractivity contribution is -0.181. The van der Waals surface area contributed by atoms with Gasteiger partial charge in [-0.05, 0) is 92.8 Å². The van der Waals surface area contributed by atoms with Crippen LogP contribution in [0.1, 0.15) is 71.6 Å². The third-order valence-electron chi connectivity index (χ3n) is 10.2. The van der Waals surface area contributed by atoms with Crippen molar-refractivity contribution in [3.05, 3.63) is 64.2 Å². The zero-order valence-electron chi connectivity index (χ0n) is 25.1. The number of phenols is 1. The molecule has 3 aliphatic rings. The van der Waals surface area contributed by atoms with Crippen LogP contribution in [-0.2, 0) is 38.4 Å². The molecule has 1 amide bonds. The van der Waals surface area contributed by atoms with Gasteiger partial charge in [0.2, 0.25) is 5.91 Å². The van der Waals surface area contributed by atoms with Gasteiger partial charge in [0.15, 0.2) is 34.7 Å². The predicted octanol–water partition coefficient (Wildman–Crippen LogP) is 2.56. The molecule has 9 nitrogen and oxygen atoms in total. The van der Waals surface area contributed by atoms with E-state index in [0.717, 1.165) is 24.0 Å². The minimum Gasteiger partial charge on any atom is -0.507 e. The molecule has 2 aromatic carbocycles. The van der Waals surface area contributed by atoms with Gasteiger partial charge in [0.25, 0.3) is 0 Å². The van der Waals surface area contributed by atoms with Gasteiger partial charge in [-0.2, -0.15) is 0 Å². The maximum absolute atomic E-state index is 14.0. The number of primary amides is 1. The van der Waals surface area contributed by atoms with Crippen molar-refractivity contribution < 1.29 is 34.2 Å². The molecular formula is C34H40N2O7. The molecule has 5 rings (SSSR count). The number of ketones is 4. The number of nitrogens with zero attached hydrogens (tertiary/aromatic N) is 1. The summed E-state index contributed by atoms with van der Waals surface area (Å²) in [6, 6.07) is 10.7. The van der Waals surface area contributed by atoms with Crippen LogP contribution in [0.4, 0.5) is 0 Å². The summed E-state index contributed by atoms with van der Waals surface area (Å²) >= 11 is 0. The molecule has 0 aliphatic heterocycles. The number of benzene rings is 2. The van der Waals surface area contributed by atoms with Crippen molar-refractivity contribution >= 4 is 29.0 Å². The maximum atomic E-state index is 14.0. The van der Waals surface area contributed by atoms with E-state index < -0.39 is 64.4 Å². The van der Waals surface area contributed by atoms with Gasteiger partial charge in [0, 0.05) is 5.92 Å². The van der Waals surface area contributed by atoms with E-state index in [-0.39, 0.29) is 24.2 Å². The fraction of sp³-hybridized carbons (Fsp3) is 0.500. The van der Waals surface area contributed by atoms with Gasteiger partial charge in [-0.1, -0.05) is 44.2 Å². The molecule has 4 N–H and O–H groups in total. The van der Waals surface area contributed by atoms with Crippen molar-refractivity contribution in [2.45, 2.75) is 69.9 Å². The second-order valence-corrected chi connectivity index (χ2v) is 12.6.